The molecule has 10 heteroatoms. The summed E-state index contributed by atoms with van der Waals surface area (Å²) in [6.07, 6.45) is 1.62. The summed E-state index contributed by atoms with van der Waals surface area (Å²) in [5.41, 5.74) is 1.67. The van der Waals surface area contributed by atoms with Gasteiger partial charge in [-0.15, -0.1) is 5.10 Å². The van der Waals surface area contributed by atoms with Crippen molar-refractivity contribution in [3.8, 4) is 11.3 Å². The SMILES string of the molecule is C[C@@H]1CN(c2nncc(-c3ccc(Cl)cc3)n2)CCN1CC(=O)N[C@H]1CCOC[C@H]1O. The molecule has 2 aliphatic heterocycles. The Morgan fingerprint density at radius 2 is 2.13 bits per heavy atom. The van der Waals surface area contributed by atoms with Gasteiger partial charge in [-0.3, -0.25) is 9.69 Å². The third kappa shape index (κ3) is 5.48. The summed E-state index contributed by atoms with van der Waals surface area (Å²) in [7, 11) is 0. The molecule has 4 rings (SSSR count). The molecule has 2 fully saturated rings. The molecule has 166 valence electrons. The third-order valence-corrected chi connectivity index (χ3v) is 6.01. The Bertz CT molecular complexity index is 899. The fraction of sp³-hybridized carbons (Fsp3) is 0.524. The number of ether oxygens (including phenoxy) is 1. The van der Waals surface area contributed by atoms with E-state index in [1.807, 2.05) is 24.3 Å². The monoisotopic (exact) mass is 446 g/mol. The van der Waals surface area contributed by atoms with Crippen molar-refractivity contribution in [3.05, 3.63) is 35.5 Å². The highest BCUT2D eigenvalue weighted by Crippen LogP contribution is 2.21. The van der Waals surface area contributed by atoms with Crippen LogP contribution in [0.25, 0.3) is 11.3 Å². The maximum atomic E-state index is 12.5. The number of nitrogens with zero attached hydrogens (tertiary/aromatic N) is 5. The fourth-order valence-electron chi connectivity index (χ4n) is 3.93. The second kappa shape index (κ2) is 9.86. The molecule has 0 bridgehead atoms. The Balaban J connectivity index is 1.34. The average Bonchev–Trinajstić information content (AvgIpc) is 2.77. The minimum absolute atomic E-state index is 0.0751. The van der Waals surface area contributed by atoms with Crippen LogP contribution in [0, 0.1) is 0 Å². The molecule has 0 radical (unpaired) electrons. The van der Waals surface area contributed by atoms with Gasteiger partial charge in [-0.25, -0.2) is 4.98 Å². The number of halogens is 1. The Morgan fingerprint density at radius 3 is 2.87 bits per heavy atom. The van der Waals surface area contributed by atoms with Crippen molar-refractivity contribution in [2.75, 3.05) is 44.3 Å². The maximum absolute atomic E-state index is 12.5. The van der Waals surface area contributed by atoms with Crippen molar-refractivity contribution in [3.63, 3.8) is 0 Å². The smallest absolute Gasteiger partial charge is 0.246 e. The average molecular weight is 447 g/mol. The molecule has 3 atom stereocenters. The van der Waals surface area contributed by atoms with Gasteiger partial charge in [-0.1, -0.05) is 23.7 Å². The van der Waals surface area contributed by atoms with Crippen molar-refractivity contribution in [1.29, 1.82) is 0 Å². The summed E-state index contributed by atoms with van der Waals surface area (Å²) in [6.45, 7) is 5.30. The third-order valence-electron chi connectivity index (χ3n) is 5.75. The lowest BCUT2D eigenvalue weighted by atomic mass is 10.1. The van der Waals surface area contributed by atoms with Crippen molar-refractivity contribution in [1.82, 2.24) is 25.4 Å². The zero-order valence-electron chi connectivity index (χ0n) is 17.4. The molecule has 0 unspecified atom stereocenters. The topological polar surface area (TPSA) is 104 Å². The van der Waals surface area contributed by atoms with Gasteiger partial charge < -0.3 is 20.1 Å². The van der Waals surface area contributed by atoms with Crippen LogP contribution in [0.15, 0.2) is 30.5 Å². The molecule has 1 aromatic carbocycles. The number of piperazine rings is 1. The Hall–Kier alpha value is -2.33. The summed E-state index contributed by atoms with van der Waals surface area (Å²) in [5.74, 6) is 0.502. The van der Waals surface area contributed by atoms with Gasteiger partial charge >= 0.3 is 0 Å². The lowest BCUT2D eigenvalue weighted by Crippen LogP contribution is -2.56. The second-order valence-corrected chi connectivity index (χ2v) is 8.46. The summed E-state index contributed by atoms with van der Waals surface area (Å²) >= 11 is 5.97. The standard InChI is InChI=1S/C21H27ClN6O3/c1-14-11-28(21-25-18(10-23-26-21)15-2-4-16(22)5-3-15)8-7-27(14)12-20(30)24-17-6-9-31-13-19(17)29/h2-5,10,14,17,19,29H,6-9,11-13H2,1H3,(H,24,30)/t14-,17+,19-/m1/s1. The van der Waals surface area contributed by atoms with E-state index in [0.29, 0.717) is 50.2 Å². The number of hydrogen-bond acceptors (Lipinski definition) is 8. The quantitative estimate of drug-likeness (QED) is 0.700. The number of carbonyl (C=O) groups excluding carboxylic acids is 1. The Kier molecular flexibility index (Phi) is 6.96. The molecule has 2 saturated heterocycles. The normalized spacial score (nSPS) is 24.7. The summed E-state index contributed by atoms with van der Waals surface area (Å²) in [5, 5.41) is 21.9. The number of aliphatic hydroxyl groups is 1. The van der Waals surface area contributed by atoms with Crippen molar-refractivity contribution >= 4 is 23.5 Å². The first-order chi connectivity index (χ1) is 15.0. The van der Waals surface area contributed by atoms with Crippen LogP contribution >= 0.6 is 11.6 Å². The van der Waals surface area contributed by atoms with Gasteiger partial charge in [0.05, 0.1) is 37.2 Å². The molecule has 0 saturated carbocycles. The first kappa shape index (κ1) is 21.9. The van der Waals surface area contributed by atoms with E-state index in [4.69, 9.17) is 16.3 Å². The van der Waals surface area contributed by atoms with E-state index in [9.17, 15) is 9.90 Å². The van der Waals surface area contributed by atoms with Crippen LogP contribution in [0.3, 0.4) is 0 Å². The van der Waals surface area contributed by atoms with Gasteiger partial charge in [0.25, 0.3) is 0 Å². The van der Waals surface area contributed by atoms with Crippen molar-refractivity contribution in [2.45, 2.75) is 31.5 Å². The van der Waals surface area contributed by atoms with Gasteiger partial charge in [-0.05, 0) is 25.5 Å². The molecule has 31 heavy (non-hydrogen) atoms. The predicted octanol–water partition coefficient (Wildman–Crippen LogP) is 0.968. The van der Waals surface area contributed by atoms with E-state index in [0.717, 1.165) is 11.3 Å². The molecular weight excluding hydrogens is 420 g/mol. The van der Waals surface area contributed by atoms with Crippen molar-refractivity contribution in [2.24, 2.45) is 0 Å². The van der Waals surface area contributed by atoms with Crippen LogP contribution in [-0.4, -0.2) is 88.7 Å². The van der Waals surface area contributed by atoms with Gasteiger partial charge in [0.2, 0.25) is 11.9 Å². The molecule has 1 amide bonds. The van der Waals surface area contributed by atoms with Crippen LogP contribution < -0.4 is 10.2 Å². The van der Waals surface area contributed by atoms with Crippen LogP contribution in [0.5, 0.6) is 0 Å². The highest BCUT2D eigenvalue weighted by atomic mass is 35.5. The molecule has 2 aromatic rings. The summed E-state index contributed by atoms with van der Waals surface area (Å²) in [6, 6.07) is 7.36. The molecule has 2 N–H and O–H groups in total. The highest BCUT2D eigenvalue weighted by molar-refractivity contribution is 6.30. The zero-order valence-corrected chi connectivity index (χ0v) is 18.2. The van der Waals surface area contributed by atoms with Gasteiger partial charge in [0.1, 0.15) is 0 Å². The first-order valence-electron chi connectivity index (χ1n) is 10.5. The lowest BCUT2D eigenvalue weighted by Gasteiger charge is -2.39. The van der Waals surface area contributed by atoms with Crippen LogP contribution in [0.1, 0.15) is 13.3 Å². The van der Waals surface area contributed by atoms with E-state index >= 15 is 0 Å². The molecule has 9 nitrogen and oxygen atoms in total. The molecule has 0 spiro atoms. The minimum Gasteiger partial charge on any atom is -0.389 e. The van der Waals surface area contributed by atoms with E-state index < -0.39 is 6.10 Å². The second-order valence-electron chi connectivity index (χ2n) is 8.02. The van der Waals surface area contributed by atoms with E-state index in [2.05, 4.69) is 37.2 Å². The lowest BCUT2D eigenvalue weighted by molar-refractivity contribution is -0.126. The first-order valence-corrected chi connectivity index (χ1v) is 10.9. The summed E-state index contributed by atoms with van der Waals surface area (Å²) < 4.78 is 5.22. The van der Waals surface area contributed by atoms with Gasteiger partial charge in [0, 0.05) is 42.9 Å². The van der Waals surface area contributed by atoms with E-state index in [-0.39, 0.29) is 24.6 Å². The molecule has 0 aliphatic carbocycles. The Labute approximate surface area is 186 Å². The number of benzene rings is 1. The molecular formula is C21H27ClN6O3. The largest absolute Gasteiger partial charge is 0.389 e. The molecule has 1 aromatic heterocycles. The Morgan fingerprint density at radius 1 is 1.32 bits per heavy atom. The van der Waals surface area contributed by atoms with E-state index in [1.54, 1.807) is 6.20 Å². The number of aromatic nitrogens is 3. The van der Waals surface area contributed by atoms with Gasteiger partial charge in [0.15, 0.2) is 0 Å². The number of rotatable bonds is 5. The van der Waals surface area contributed by atoms with Gasteiger partial charge in [-0.2, -0.15) is 5.10 Å². The van der Waals surface area contributed by atoms with Crippen LogP contribution in [0.2, 0.25) is 5.02 Å². The zero-order chi connectivity index (χ0) is 21.8. The number of amides is 1. The van der Waals surface area contributed by atoms with E-state index in [1.165, 1.54) is 0 Å². The van der Waals surface area contributed by atoms with Crippen LogP contribution in [0.4, 0.5) is 5.95 Å². The minimum atomic E-state index is -0.649. The highest BCUT2D eigenvalue weighted by Gasteiger charge is 2.29. The number of anilines is 1. The number of nitrogens with one attached hydrogen (secondary N) is 1. The number of carbonyl (C=O) groups is 1. The molecule has 2 aliphatic rings. The summed E-state index contributed by atoms with van der Waals surface area (Å²) in [4.78, 5) is 21.4. The molecule has 3 heterocycles. The van der Waals surface area contributed by atoms with Crippen LogP contribution in [-0.2, 0) is 9.53 Å². The fourth-order valence-corrected chi connectivity index (χ4v) is 4.05. The number of aliphatic hydroxyl groups excluding tert-OH is 1. The maximum Gasteiger partial charge on any atom is 0.246 e. The number of hydrogen-bond donors (Lipinski definition) is 2. The van der Waals surface area contributed by atoms with Crippen molar-refractivity contribution < 1.29 is 14.6 Å². The predicted molar refractivity (Wildman–Crippen MR) is 117 cm³/mol.